The number of hydrogen-bond donors (Lipinski definition) is 1. The van der Waals surface area contributed by atoms with Crippen molar-refractivity contribution in [3.05, 3.63) is 16.4 Å². The SMILES string of the molecule is FC(F)c1cc(=S)n(C2CCCCCC2)[nH]1. The van der Waals surface area contributed by atoms with Crippen LogP contribution in [0.4, 0.5) is 8.78 Å². The molecule has 90 valence electrons. The molecule has 1 fully saturated rings. The highest BCUT2D eigenvalue weighted by Gasteiger charge is 2.18. The third-order valence-corrected chi connectivity index (χ3v) is 3.51. The van der Waals surface area contributed by atoms with Gasteiger partial charge in [-0.25, -0.2) is 8.78 Å². The van der Waals surface area contributed by atoms with Gasteiger partial charge in [-0.05, 0) is 12.8 Å². The van der Waals surface area contributed by atoms with Gasteiger partial charge in [0.05, 0.1) is 6.04 Å². The number of H-pyrrole nitrogens is 1. The molecular weight excluding hydrogens is 230 g/mol. The number of hydrogen-bond acceptors (Lipinski definition) is 1. The molecule has 1 aromatic rings. The monoisotopic (exact) mass is 246 g/mol. The lowest BCUT2D eigenvalue weighted by atomic mass is 10.1. The number of rotatable bonds is 2. The number of nitrogens with zero attached hydrogens (tertiary/aromatic N) is 1. The van der Waals surface area contributed by atoms with Crippen LogP contribution in [0, 0.1) is 4.64 Å². The van der Waals surface area contributed by atoms with Gasteiger partial charge >= 0.3 is 0 Å². The van der Waals surface area contributed by atoms with E-state index < -0.39 is 6.43 Å². The van der Waals surface area contributed by atoms with E-state index in [-0.39, 0.29) is 11.7 Å². The highest BCUT2D eigenvalue weighted by Crippen LogP contribution is 2.28. The lowest BCUT2D eigenvalue weighted by Crippen LogP contribution is -2.10. The summed E-state index contributed by atoms with van der Waals surface area (Å²) in [7, 11) is 0. The zero-order chi connectivity index (χ0) is 11.5. The molecule has 5 heteroatoms. The van der Waals surface area contributed by atoms with Gasteiger partial charge in [0.15, 0.2) is 0 Å². The summed E-state index contributed by atoms with van der Waals surface area (Å²) in [4.78, 5) is 0. The molecule has 1 aliphatic carbocycles. The Labute approximate surface area is 98.6 Å². The van der Waals surface area contributed by atoms with Crippen molar-refractivity contribution < 1.29 is 8.78 Å². The summed E-state index contributed by atoms with van der Waals surface area (Å²) >= 11 is 5.12. The third-order valence-electron chi connectivity index (χ3n) is 3.19. The van der Waals surface area contributed by atoms with Crippen LogP contribution in [0.3, 0.4) is 0 Å². The van der Waals surface area contributed by atoms with Gasteiger partial charge in [0.2, 0.25) is 0 Å². The van der Waals surface area contributed by atoms with Gasteiger partial charge in [0.1, 0.15) is 10.3 Å². The van der Waals surface area contributed by atoms with Crippen LogP contribution in [-0.2, 0) is 0 Å². The molecule has 0 atom stereocenters. The normalized spacial score (nSPS) is 18.9. The predicted molar refractivity (Wildman–Crippen MR) is 61.3 cm³/mol. The molecule has 0 unspecified atom stereocenters. The van der Waals surface area contributed by atoms with E-state index in [1.54, 1.807) is 4.68 Å². The Kier molecular flexibility index (Phi) is 3.74. The van der Waals surface area contributed by atoms with E-state index in [0.717, 1.165) is 25.7 Å². The first kappa shape index (κ1) is 11.8. The molecule has 1 aromatic heterocycles. The minimum atomic E-state index is -2.46. The molecule has 2 rings (SSSR count). The quantitative estimate of drug-likeness (QED) is 0.606. The van der Waals surface area contributed by atoms with Crippen LogP contribution in [0.25, 0.3) is 0 Å². The van der Waals surface area contributed by atoms with Gasteiger partial charge in [-0.2, -0.15) is 0 Å². The number of aromatic amines is 1. The molecule has 2 nitrogen and oxygen atoms in total. The topological polar surface area (TPSA) is 20.7 Å². The summed E-state index contributed by atoms with van der Waals surface area (Å²) in [5.41, 5.74) is -0.0609. The molecule has 1 saturated carbocycles. The molecule has 0 aromatic carbocycles. The molecule has 16 heavy (non-hydrogen) atoms. The molecule has 0 saturated heterocycles. The van der Waals surface area contributed by atoms with Gasteiger partial charge in [0, 0.05) is 6.07 Å². The molecular formula is C11H16F2N2S. The third kappa shape index (κ3) is 2.51. The second-order valence-electron chi connectivity index (χ2n) is 4.37. The maximum absolute atomic E-state index is 12.5. The maximum atomic E-state index is 12.5. The zero-order valence-electron chi connectivity index (χ0n) is 9.09. The van der Waals surface area contributed by atoms with Crippen molar-refractivity contribution in [3.63, 3.8) is 0 Å². The first-order chi connectivity index (χ1) is 7.68. The van der Waals surface area contributed by atoms with Gasteiger partial charge < -0.3 is 0 Å². The largest absolute Gasteiger partial charge is 0.296 e. The minimum absolute atomic E-state index is 0.0609. The summed E-state index contributed by atoms with van der Waals surface area (Å²) in [5, 5.41) is 2.74. The average Bonchev–Trinajstić information content (AvgIpc) is 2.50. The van der Waals surface area contributed by atoms with Gasteiger partial charge in [-0.15, -0.1) is 0 Å². The van der Waals surface area contributed by atoms with Crippen LogP contribution in [-0.4, -0.2) is 9.78 Å². The van der Waals surface area contributed by atoms with E-state index in [1.165, 1.54) is 18.9 Å². The van der Waals surface area contributed by atoms with E-state index in [2.05, 4.69) is 5.10 Å². The van der Waals surface area contributed by atoms with Crippen molar-refractivity contribution in [2.24, 2.45) is 0 Å². The van der Waals surface area contributed by atoms with Crippen LogP contribution in [0.2, 0.25) is 0 Å². The molecule has 0 radical (unpaired) electrons. The standard InChI is InChI=1S/C11H16F2N2S/c12-11(13)9-7-10(16)15(14-9)8-5-3-1-2-4-6-8/h7-8,11,14H,1-6H2. The van der Waals surface area contributed by atoms with Crippen molar-refractivity contribution in [1.29, 1.82) is 0 Å². The lowest BCUT2D eigenvalue weighted by molar-refractivity contribution is 0.144. The van der Waals surface area contributed by atoms with Crippen LogP contribution >= 0.6 is 12.2 Å². The molecule has 1 N–H and O–H groups in total. The molecule has 0 amide bonds. The Morgan fingerprint density at radius 2 is 1.88 bits per heavy atom. The highest BCUT2D eigenvalue weighted by molar-refractivity contribution is 7.71. The molecule has 1 heterocycles. The van der Waals surface area contributed by atoms with Gasteiger partial charge in [-0.3, -0.25) is 9.78 Å². The fourth-order valence-corrected chi connectivity index (χ4v) is 2.65. The Balaban J connectivity index is 2.21. The first-order valence-electron chi connectivity index (χ1n) is 5.78. The van der Waals surface area contributed by atoms with Crippen LogP contribution < -0.4 is 0 Å². The number of halogens is 2. The summed E-state index contributed by atoms with van der Waals surface area (Å²) in [6, 6.07) is 1.66. The fraction of sp³-hybridized carbons (Fsp3) is 0.727. The molecule has 0 bridgehead atoms. The van der Waals surface area contributed by atoms with Crippen molar-refractivity contribution in [3.8, 4) is 0 Å². The summed E-state index contributed by atoms with van der Waals surface area (Å²) < 4.78 is 27.3. The maximum Gasteiger partial charge on any atom is 0.279 e. The summed E-state index contributed by atoms with van der Waals surface area (Å²) in [5.74, 6) is 0. The first-order valence-corrected chi connectivity index (χ1v) is 6.19. The predicted octanol–water partition coefficient (Wildman–Crippen LogP) is 4.38. The van der Waals surface area contributed by atoms with Crippen molar-refractivity contribution in [1.82, 2.24) is 9.78 Å². The van der Waals surface area contributed by atoms with E-state index in [1.807, 2.05) is 0 Å². The Morgan fingerprint density at radius 1 is 1.25 bits per heavy atom. The smallest absolute Gasteiger partial charge is 0.279 e. The van der Waals surface area contributed by atoms with E-state index in [9.17, 15) is 8.78 Å². The molecule has 0 spiro atoms. The summed E-state index contributed by atoms with van der Waals surface area (Å²) in [6.07, 6.45) is 4.42. The minimum Gasteiger partial charge on any atom is -0.296 e. The van der Waals surface area contributed by atoms with Gasteiger partial charge in [-0.1, -0.05) is 37.9 Å². The van der Waals surface area contributed by atoms with Crippen LogP contribution in [0.5, 0.6) is 0 Å². The second-order valence-corrected chi connectivity index (χ2v) is 4.78. The van der Waals surface area contributed by atoms with E-state index in [0.29, 0.717) is 4.64 Å². The van der Waals surface area contributed by atoms with E-state index in [4.69, 9.17) is 12.2 Å². The van der Waals surface area contributed by atoms with Crippen LogP contribution in [0.15, 0.2) is 6.07 Å². The Bertz CT molecular complexity index is 389. The lowest BCUT2D eigenvalue weighted by Gasteiger charge is -2.15. The van der Waals surface area contributed by atoms with E-state index >= 15 is 0 Å². The number of alkyl halides is 2. The molecule has 1 aliphatic rings. The van der Waals surface area contributed by atoms with Crippen LogP contribution in [0.1, 0.15) is 56.7 Å². The Hall–Kier alpha value is -0.710. The number of nitrogens with one attached hydrogen (secondary N) is 1. The Morgan fingerprint density at radius 3 is 2.38 bits per heavy atom. The van der Waals surface area contributed by atoms with Gasteiger partial charge in [0.25, 0.3) is 6.43 Å². The summed E-state index contributed by atoms with van der Waals surface area (Å²) in [6.45, 7) is 0. The average molecular weight is 246 g/mol. The zero-order valence-corrected chi connectivity index (χ0v) is 9.90. The fourth-order valence-electron chi connectivity index (χ4n) is 2.33. The van der Waals surface area contributed by atoms with Crippen molar-refractivity contribution in [2.45, 2.75) is 51.0 Å². The van der Waals surface area contributed by atoms with Crippen molar-refractivity contribution >= 4 is 12.2 Å². The molecule has 0 aliphatic heterocycles. The number of aromatic nitrogens is 2. The second kappa shape index (κ2) is 5.08. The van der Waals surface area contributed by atoms with Crippen molar-refractivity contribution in [2.75, 3.05) is 0 Å². The highest BCUT2D eigenvalue weighted by atomic mass is 32.1.